The summed E-state index contributed by atoms with van der Waals surface area (Å²) in [6.07, 6.45) is 7.67. The molecule has 37 heavy (non-hydrogen) atoms. The Morgan fingerprint density at radius 3 is 2.24 bits per heavy atom. The topological polar surface area (TPSA) is 91.4 Å². The summed E-state index contributed by atoms with van der Waals surface area (Å²) in [5, 5.41) is 5.98. The van der Waals surface area contributed by atoms with Crippen LogP contribution < -0.4 is 15.5 Å². The van der Waals surface area contributed by atoms with Gasteiger partial charge in [-0.15, -0.1) is 0 Å². The average molecular weight is 499 g/mol. The first-order valence-corrected chi connectivity index (χ1v) is 13.0. The number of aryl methyl sites for hydroxylation is 1. The number of amides is 3. The zero-order chi connectivity index (χ0) is 26.2. The lowest BCUT2D eigenvalue weighted by Crippen LogP contribution is -2.47. The van der Waals surface area contributed by atoms with Crippen LogP contribution in [-0.4, -0.2) is 28.7 Å². The van der Waals surface area contributed by atoms with Crippen LogP contribution in [0.1, 0.15) is 73.6 Å². The Morgan fingerprint density at radius 2 is 1.65 bits per heavy atom. The molecule has 0 radical (unpaired) electrons. The van der Waals surface area contributed by atoms with E-state index in [-0.39, 0.29) is 29.5 Å². The van der Waals surface area contributed by atoms with Gasteiger partial charge in [-0.3, -0.25) is 24.3 Å². The third-order valence-corrected chi connectivity index (χ3v) is 6.73. The van der Waals surface area contributed by atoms with Crippen LogP contribution in [0, 0.1) is 0 Å². The van der Waals surface area contributed by atoms with Gasteiger partial charge in [0.15, 0.2) is 0 Å². The van der Waals surface area contributed by atoms with E-state index in [1.165, 1.54) is 18.2 Å². The molecular weight excluding hydrogens is 464 g/mol. The van der Waals surface area contributed by atoms with Crippen LogP contribution in [-0.2, 0) is 16.0 Å². The predicted molar refractivity (Wildman–Crippen MR) is 145 cm³/mol. The molecule has 2 N–H and O–H groups in total. The normalized spacial score (nSPS) is 14.4. The molecule has 0 aliphatic heterocycles. The Balaban J connectivity index is 1.78. The molecule has 1 aliphatic carbocycles. The van der Waals surface area contributed by atoms with Gasteiger partial charge >= 0.3 is 0 Å². The molecule has 2 aromatic carbocycles. The minimum absolute atomic E-state index is 0.0904. The van der Waals surface area contributed by atoms with Crippen LogP contribution in [0.3, 0.4) is 0 Å². The summed E-state index contributed by atoms with van der Waals surface area (Å²) < 4.78 is 0. The molecule has 0 saturated heterocycles. The standard InChI is InChI=1S/C30H34N4O3/c1-3-22-12-14-23(15-13-22)28(29(36)33-24-9-5-4-6-10-24)34(30(37)27-11-7-8-20-31-27)26-18-16-25(17-19-26)32-21(2)35/h7-8,11-20,24,28H,3-6,9-10H2,1-2H3,(H,32,35)(H,33,36). The van der Waals surface area contributed by atoms with E-state index >= 15 is 0 Å². The number of nitrogens with one attached hydrogen (secondary N) is 2. The summed E-state index contributed by atoms with van der Waals surface area (Å²) in [7, 11) is 0. The smallest absolute Gasteiger partial charge is 0.277 e. The first kappa shape index (κ1) is 26.1. The third kappa shape index (κ3) is 6.61. The van der Waals surface area contributed by atoms with Gasteiger partial charge in [0.1, 0.15) is 11.7 Å². The van der Waals surface area contributed by atoms with Crippen LogP contribution in [0.4, 0.5) is 11.4 Å². The lowest BCUT2D eigenvalue weighted by molar-refractivity contribution is -0.123. The van der Waals surface area contributed by atoms with E-state index in [0.717, 1.165) is 43.2 Å². The monoisotopic (exact) mass is 498 g/mol. The number of anilines is 2. The van der Waals surface area contributed by atoms with E-state index < -0.39 is 6.04 Å². The highest BCUT2D eigenvalue weighted by atomic mass is 16.2. The molecule has 1 saturated carbocycles. The van der Waals surface area contributed by atoms with E-state index in [1.807, 2.05) is 24.3 Å². The molecule has 3 amide bonds. The Morgan fingerprint density at radius 1 is 0.946 bits per heavy atom. The minimum atomic E-state index is -0.894. The Hall–Kier alpha value is -4.00. The predicted octanol–water partition coefficient (Wildman–Crippen LogP) is 5.44. The van der Waals surface area contributed by atoms with Crippen molar-refractivity contribution in [1.29, 1.82) is 0 Å². The Bertz CT molecular complexity index is 1200. The second kappa shape index (κ2) is 12.3. The number of benzene rings is 2. The van der Waals surface area contributed by atoms with Crippen molar-refractivity contribution >= 4 is 29.1 Å². The van der Waals surface area contributed by atoms with Crippen LogP contribution >= 0.6 is 0 Å². The number of aromatic nitrogens is 1. The van der Waals surface area contributed by atoms with Gasteiger partial charge in [-0.05, 0) is 66.8 Å². The molecule has 7 heteroatoms. The molecule has 1 aromatic heterocycles. The summed E-state index contributed by atoms with van der Waals surface area (Å²) in [5.74, 6) is -0.780. The zero-order valence-corrected chi connectivity index (χ0v) is 21.4. The molecule has 7 nitrogen and oxygen atoms in total. The lowest BCUT2D eigenvalue weighted by Gasteiger charge is -2.33. The molecule has 1 aliphatic rings. The fraction of sp³-hybridized carbons (Fsp3) is 0.333. The summed E-state index contributed by atoms with van der Waals surface area (Å²) in [6, 6.07) is 19.1. The van der Waals surface area contributed by atoms with Gasteiger partial charge in [-0.25, -0.2) is 0 Å². The molecule has 0 spiro atoms. The first-order chi connectivity index (χ1) is 18.0. The molecule has 1 heterocycles. The van der Waals surface area contributed by atoms with Crippen molar-refractivity contribution in [2.75, 3.05) is 10.2 Å². The van der Waals surface area contributed by atoms with E-state index in [2.05, 4.69) is 22.5 Å². The molecule has 192 valence electrons. The van der Waals surface area contributed by atoms with Crippen molar-refractivity contribution in [3.63, 3.8) is 0 Å². The number of nitrogens with zero attached hydrogens (tertiary/aromatic N) is 2. The van der Waals surface area contributed by atoms with Gasteiger partial charge in [-0.2, -0.15) is 0 Å². The van der Waals surface area contributed by atoms with Gasteiger partial charge in [-0.1, -0.05) is 56.5 Å². The maximum Gasteiger partial charge on any atom is 0.277 e. The number of carbonyl (C=O) groups is 3. The summed E-state index contributed by atoms with van der Waals surface area (Å²) in [6.45, 7) is 3.52. The number of hydrogen-bond donors (Lipinski definition) is 2. The Labute approximate surface area is 218 Å². The van der Waals surface area contributed by atoms with Crippen molar-refractivity contribution in [3.8, 4) is 0 Å². The molecule has 1 atom stereocenters. The van der Waals surface area contributed by atoms with E-state index in [9.17, 15) is 14.4 Å². The van der Waals surface area contributed by atoms with E-state index in [1.54, 1.807) is 48.7 Å². The second-order valence-corrected chi connectivity index (χ2v) is 9.46. The largest absolute Gasteiger partial charge is 0.351 e. The molecular formula is C30H34N4O3. The highest BCUT2D eigenvalue weighted by Gasteiger charge is 2.35. The van der Waals surface area contributed by atoms with Crippen molar-refractivity contribution in [2.45, 2.75) is 64.5 Å². The van der Waals surface area contributed by atoms with Gasteiger partial charge in [0.25, 0.3) is 5.91 Å². The molecule has 3 aromatic rings. The molecule has 1 fully saturated rings. The fourth-order valence-electron chi connectivity index (χ4n) is 4.79. The maximum atomic E-state index is 14.0. The summed E-state index contributed by atoms with van der Waals surface area (Å²) in [5.41, 5.74) is 3.26. The van der Waals surface area contributed by atoms with Crippen LogP contribution in [0.2, 0.25) is 0 Å². The Kier molecular flexibility index (Phi) is 8.67. The first-order valence-electron chi connectivity index (χ1n) is 13.0. The minimum Gasteiger partial charge on any atom is -0.351 e. The third-order valence-electron chi connectivity index (χ3n) is 6.73. The van der Waals surface area contributed by atoms with Crippen molar-refractivity contribution in [3.05, 3.63) is 89.7 Å². The second-order valence-electron chi connectivity index (χ2n) is 9.46. The van der Waals surface area contributed by atoms with Gasteiger partial charge in [0.05, 0.1) is 0 Å². The molecule has 4 rings (SSSR count). The van der Waals surface area contributed by atoms with Crippen molar-refractivity contribution in [1.82, 2.24) is 10.3 Å². The van der Waals surface area contributed by atoms with Gasteiger partial charge in [0.2, 0.25) is 11.8 Å². The number of rotatable bonds is 8. The molecule has 0 bridgehead atoms. The maximum absolute atomic E-state index is 14.0. The fourth-order valence-corrected chi connectivity index (χ4v) is 4.79. The van der Waals surface area contributed by atoms with E-state index in [4.69, 9.17) is 0 Å². The summed E-state index contributed by atoms with van der Waals surface area (Å²) in [4.78, 5) is 45.2. The van der Waals surface area contributed by atoms with Crippen LogP contribution in [0.5, 0.6) is 0 Å². The van der Waals surface area contributed by atoms with Gasteiger partial charge in [0, 0.05) is 30.5 Å². The van der Waals surface area contributed by atoms with Crippen molar-refractivity contribution in [2.24, 2.45) is 0 Å². The average Bonchev–Trinajstić information content (AvgIpc) is 2.93. The summed E-state index contributed by atoms with van der Waals surface area (Å²) >= 11 is 0. The zero-order valence-electron chi connectivity index (χ0n) is 21.4. The van der Waals surface area contributed by atoms with E-state index in [0.29, 0.717) is 11.4 Å². The highest BCUT2D eigenvalue weighted by Crippen LogP contribution is 2.31. The molecule has 1 unspecified atom stereocenters. The van der Waals surface area contributed by atoms with Crippen LogP contribution in [0.25, 0.3) is 0 Å². The number of carbonyl (C=O) groups excluding carboxylic acids is 3. The highest BCUT2D eigenvalue weighted by molar-refractivity contribution is 6.09. The number of pyridine rings is 1. The number of hydrogen-bond acceptors (Lipinski definition) is 4. The van der Waals surface area contributed by atoms with Crippen LogP contribution in [0.15, 0.2) is 72.9 Å². The SMILES string of the molecule is CCc1ccc(C(C(=O)NC2CCCCC2)N(C(=O)c2ccccn2)c2ccc(NC(C)=O)cc2)cc1. The van der Waals surface area contributed by atoms with Gasteiger partial charge < -0.3 is 10.6 Å². The van der Waals surface area contributed by atoms with Crippen molar-refractivity contribution < 1.29 is 14.4 Å². The lowest BCUT2D eigenvalue weighted by atomic mass is 9.94. The quantitative estimate of drug-likeness (QED) is 0.433.